The minimum Gasteiger partial charge on any atom is -0.0654 e. The summed E-state index contributed by atoms with van der Waals surface area (Å²) >= 11 is 0. The molecule has 0 aliphatic heterocycles. The van der Waals surface area contributed by atoms with Gasteiger partial charge in [-0.05, 0) is 6.42 Å². The van der Waals surface area contributed by atoms with Gasteiger partial charge in [0.25, 0.3) is 0 Å². The van der Waals surface area contributed by atoms with Crippen LogP contribution < -0.4 is 0 Å². The van der Waals surface area contributed by atoms with Gasteiger partial charge in [0.2, 0.25) is 0 Å². The van der Waals surface area contributed by atoms with Crippen LogP contribution in [0.25, 0.3) is 0 Å². The predicted molar refractivity (Wildman–Crippen MR) is 122 cm³/mol. The van der Waals surface area contributed by atoms with Crippen LogP contribution in [0.2, 0.25) is 0 Å². The summed E-state index contributed by atoms with van der Waals surface area (Å²) in [5, 5.41) is 0. The van der Waals surface area contributed by atoms with Gasteiger partial charge in [0.1, 0.15) is 0 Å². The molecular weight excluding hydrogens is 312 g/mol. The molecule has 0 fully saturated rings. The first-order chi connectivity index (χ1) is 12.9. The van der Waals surface area contributed by atoms with E-state index in [9.17, 15) is 0 Å². The van der Waals surface area contributed by atoms with Crippen LogP contribution >= 0.6 is 0 Å². The van der Waals surface area contributed by atoms with Crippen molar-refractivity contribution in [1.29, 1.82) is 0 Å². The SMILES string of the molecule is [CH2]CCC[CH]CCCCCCCCCCCCCCCCCCCCC. The Bertz CT molecular complexity index is 196. The lowest BCUT2D eigenvalue weighted by Crippen LogP contribution is -1.84. The molecule has 0 saturated carbocycles. The van der Waals surface area contributed by atoms with E-state index in [2.05, 4.69) is 20.3 Å². The van der Waals surface area contributed by atoms with Crippen molar-refractivity contribution in [3.63, 3.8) is 0 Å². The smallest absolute Gasteiger partial charge is 0.0386 e. The Morgan fingerprint density at radius 2 is 0.731 bits per heavy atom. The summed E-state index contributed by atoms with van der Waals surface area (Å²) in [5.41, 5.74) is 0. The molecule has 0 amide bonds. The normalized spacial score (nSPS) is 11.3. The quantitative estimate of drug-likeness (QED) is 0.158. The Labute approximate surface area is 168 Å². The van der Waals surface area contributed by atoms with Crippen LogP contribution in [-0.4, -0.2) is 0 Å². The van der Waals surface area contributed by atoms with Gasteiger partial charge in [0.05, 0.1) is 0 Å². The highest BCUT2D eigenvalue weighted by Crippen LogP contribution is 2.15. The molecule has 0 heterocycles. The van der Waals surface area contributed by atoms with Crippen LogP contribution in [0.1, 0.15) is 155 Å². The van der Waals surface area contributed by atoms with E-state index in [1.165, 1.54) is 141 Å². The molecule has 0 aliphatic rings. The largest absolute Gasteiger partial charge is 0.0654 e. The third-order valence-corrected chi connectivity index (χ3v) is 5.67. The third kappa shape index (κ3) is 24.0. The minimum absolute atomic E-state index is 1.09. The van der Waals surface area contributed by atoms with E-state index in [0.717, 1.165) is 6.42 Å². The molecule has 0 aromatic carbocycles. The van der Waals surface area contributed by atoms with Gasteiger partial charge in [-0.15, -0.1) is 0 Å². The number of unbranched alkanes of at least 4 members (excludes halogenated alkanes) is 23. The van der Waals surface area contributed by atoms with E-state index in [0.29, 0.717) is 0 Å². The lowest BCUT2D eigenvalue weighted by atomic mass is 10.0. The van der Waals surface area contributed by atoms with Crippen LogP contribution in [-0.2, 0) is 0 Å². The number of hydrogen-bond donors (Lipinski definition) is 0. The summed E-state index contributed by atoms with van der Waals surface area (Å²) in [6.07, 6.45) is 35.3. The van der Waals surface area contributed by atoms with Crippen molar-refractivity contribution >= 4 is 0 Å². The number of hydrogen-bond acceptors (Lipinski definition) is 0. The fraction of sp³-hybridized carbons (Fsp3) is 0.923. The molecule has 0 saturated heterocycles. The molecule has 0 heteroatoms. The van der Waals surface area contributed by atoms with Gasteiger partial charge in [-0.3, -0.25) is 0 Å². The Kier molecular flexibility index (Phi) is 25.0. The molecular formula is C26H52. The van der Waals surface area contributed by atoms with Crippen molar-refractivity contribution in [3.8, 4) is 0 Å². The van der Waals surface area contributed by atoms with Gasteiger partial charge in [-0.25, -0.2) is 0 Å². The van der Waals surface area contributed by atoms with E-state index >= 15 is 0 Å². The average molecular weight is 365 g/mol. The summed E-state index contributed by atoms with van der Waals surface area (Å²) in [5.74, 6) is 0. The lowest BCUT2D eigenvalue weighted by molar-refractivity contribution is 0.523. The molecule has 0 aromatic rings. The van der Waals surface area contributed by atoms with E-state index in [4.69, 9.17) is 0 Å². The van der Waals surface area contributed by atoms with E-state index in [1.54, 1.807) is 0 Å². The van der Waals surface area contributed by atoms with E-state index in [-0.39, 0.29) is 0 Å². The van der Waals surface area contributed by atoms with Gasteiger partial charge in [-0.1, -0.05) is 162 Å². The Morgan fingerprint density at radius 3 is 1.08 bits per heavy atom. The maximum absolute atomic E-state index is 3.89. The maximum atomic E-state index is 3.89. The summed E-state index contributed by atoms with van der Waals surface area (Å²) in [6, 6.07) is 0. The Balaban J connectivity index is 2.95. The first kappa shape index (κ1) is 26.0. The van der Waals surface area contributed by atoms with Crippen LogP contribution in [0, 0.1) is 13.3 Å². The molecule has 26 heavy (non-hydrogen) atoms. The molecule has 0 N–H and O–H groups in total. The zero-order chi connectivity index (χ0) is 19.0. The summed E-state index contributed by atoms with van der Waals surface area (Å²) in [7, 11) is 0. The molecule has 0 atom stereocenters. The minimum atomic E-state index is 1.09. The topological polar surface area (TPSA) is 0 Å². The predicted octanol–water partition coefficient (Wildman–Crippen LogP) is 10.0. The second kappa shape index (κ2) is 25.0. The first-order valence-corrected chi connectivity index (χ1v) is 12.5. The summed E-state index contributed by atoms with van der Waals surface area (Å²) < 4.78 is 0. The fourth-order valence-corrected chi connectivity index (χ4v) is 3.80. The van der Waals surface area contributed by atoms with Crippen LogP contribution in [0.4, 0.5) is 0 Å². The van der Waals surface area contributed by atoms with E-state index < -0.39 is 0 Å². The van der Waals surface area contributed by atoms with Crippen molar-refractivity contribution in [1.82, 2.24) is 0 Å². The van der Waals surface area contributed by atoms with Crippen molar-refractivity contribution in [2.75, 3.05) is 0 Å². The molecule has 2 radical (unpaired) electrons. The Hall–Kier alpha value is 0. The second-order valence-electron chi connectivity index (χ2n) is 8.44. The molecule has 0 aliphatic carbocycles. The van der Waals surface area contributed by atoms with Gasteiger partial charge < -0.3 is 0 Å². The molecule has 0 nitrogen and oxygen atoms in total. The first-order valence-electron chi connectivity index (χ1n) is 12.5. The highest BCUT2D eigenvalue weighted by atomic mass is 14.0. The van der Waals surface area contributed by atoms with Crippen LogP contribution in [0.15, 0.2) is 0 Å². The zero-order valence-electron chi connectivity index (χ0n) is 18.5. The van der Waals surface area contributed by atoms with Crippen molar-refractivity contribution in [2.24, 2.45) is 0 Å². The molecule has 0 bridgehead atoms. The van der Waals surface area contributed by atoms with E-state index in [1.807, 2.05) is 0 Å². The van der Waals surface area contributed by atoms with Crippen molar-refractivity contribution in [2.45, 2.75) is 155 Å². The number of rotatable bonds is 23. The molecule has 0 spiro atoms. The monoisotopic (exact) mass is 364 g/mol. The standard InChI is InChI=1S/C26H52/c1-3-5-7-9-11-13-15-17-19-21-23-25-26-24-22-20-18-16-14-12-10-8-6-4-2/h9H,1,3-8,10-26H2,2H3. The highest BCUT2D eigenvalue weighted by Gasteiger charge is 1.95. The lowest BCUT2D eigenvalue weighted by Gasteiger charge is -2.04. The average Bonchev–Trinajstić information content (AvgIpc) is 2.66. The zero-order valence-corrected chi connectivity index (χ0v) is 18.5. The second-order valence-corrected chi connectivity index (χ2v) is 8.44. The Morgan fingerprint density at radius 1 is 0.423 bits per heavy atom. The van der Waals surface area contributed by atoms with Crippen molar-refractivity contribution < 1.29 is 0 Å². The van der Waals surface area contributed by atoms with Gasteiger partial charge in [-0.2, -0.15) is 0 Å². The van der Waals surface area contributed by atoms with Crippen molar-refractivity contribution in [3.05, 3.63) is 13.3 Å². The molecule has 0 rings (SSSR count). The summed E-state index contributed by atoms with van der Waals surface area (Å²) in [4.78, 5) is 0. The maximum Gasteiger partial charge on any atom is -0.0386 e. The third-order valence-electron chi connectivity index (χ3n) is 5.67. The van der Waals surface area contributed by atoms with Gasteiger partial charge >= 0.3 is 0 Å². The molecule has 156 valence electrons. The molecule has 0 aromatic heterocycles. The van der Waals surface area contributed by atoms with Gasteiger partial charge in [0, 0.05) is 0 Å². The fourth-order valence-electron chi connectivity index (χ4n) is 3.80. The van der Waals surface area contributed by atoms with Gasteiger partial charge in [0.15, 0.2) is 0 Å². The summed E-state index contributed by atoms with van der Waals surface area (Å²) in [6.45, 7) is 6.19. The van der Waals surface area contributed by atoms with Crippen LogP contribution in [0.3, 0.4) is 0 Å². The highest BCUT2D eigenvalue weighted by molar-refractivity contribution is 4.64. The molecule has 0 unspecified atom stereocenters. The van der Waals surface area contributed by atoms with Crippen LogP contribution in [0.5, 0.6) is 0 Å².